The van der Waals surface area contributed by atoms with Gasteiger partial charge in [0.1, 0.15) is 5.75 Å². The molecule has 25 heavy (non-hydrogen) atoms. The van der Waals surface area contributed by atoms with E-state index in [2.05, 4.69) is 35.1 Å². The fourth-order valence-corrected chi connectivity index (χ4v) is 3.65. The van der Waals surface area contributed by atoms with Gasteiger partial charge in [-0.1, -0.05) is 30.2 Å². The van der Waals surface area contributed by atoms with Gasteiger partial charge in [0.25, 0.3) is 0 Å². The second kappa shape index (κ2) is 7.55. The first-order valence-corrected chi connectivity index (χ1v) is 8.57. The maximum Gasteiger partial charge on any atom is 0.159 e. The number of carbonyl (C=O) groups excluding carboxylic acids is 1. The number of aryl methyl sites for hydroxylation is 1. The molecule has 3 rings (SSSR count). The van der Waals surface area contributed by atoms with Crippen LogP contribution in [0.2, 0.25) is 0 Å². The third kappa shape index (κ3) is 3.60. The fourth-order valence-electron chi connectivity index (χ4n) is 3.65. The molecule has 0 saturated carbocycles. The minimum Gasteiger partial charge on any atom is -0.496 e. The molecule has 0 heterocycles. The Morgan fingerprint density at radius 3 is 2.84 bits per heavy atom. The second-order valence-corrected chi connectivity index (χ2v) is 6.45. The number of Topliss-reactive ketones (excluding diaryl/α,β-unsaturated/α-hetero) is 1. The first kappa shape index (κ1) is 17.3. The lowest BCUT2D eigenvalue weighted by atomic mass is 10.0. The Kier molecular flexibility index (Phi) is 5.21. The smallest absolute Gasteiger partial charge is 0.159 e. The Morgan fingerprint density at radius 1 is 1.32 bits per heavy atom. The van der Waals surface area contributed by atoms with E-state index < -0.39 is 0 Å². The molecule has 1 aliphatic carbocycles. The van der Waals surface area contributed by atoms with E-state index in [1.165, 1.54) is 11.1 Å². The van der Waals surface area contributed by atoms with Crippen LogP contribution >= 0.6 is 0 Å². The van der Waals surface area contributed by atoms with Crippen molar-refractivity contribution in [3.05, 3.63) is 64.7 Å². The summed E-state index contributed by atoms with van der Waals surface area (Å²) in [5.74, 6) is 3.63. The zero-order chi connectivity index (χ0) is 17.8. The number of hydrogen-bond acceptors (Lipinski definition) is 3. The monoisotopic (exact) mass is 333 g/mol. The van der Waals surface area contributed by atoms with Crippen LogP contribution in [0.5, 0.6) is 5.75 Å². The Hall–Kier alpha value is -2.57. The average Bonchev–Trinajstić information content (AvgIpc) is 3.05. The molecule has 0 N–H and O–H groups in total. The van der Waals surface area contributed by atoms with E-state index in [-0.39, 0.29) is 5.78 Å². The Bertz CT molecular complexity index is 819. The van der Waals surface area contributed by atoms with E-state index in [4.69, 9.17) is 11.2 Å². The second-order valence-electron chi connectivity index (χ2n) is 6.45. The highest BCUT2D eigenvalue weighted by Crippen LogP contribution is 2.37. The number of fused-ring (bicyclic) bond motifs is 1. The maximum atomic E-state index is 11.7. The highest BCUT2D eigenvalue weighted by atomic mass is 16.5. The van der Waals surface area contributed by atoms with Crippen molar-refractivity contribution in [1.29, 1.82) is 0 Å². The third-order valence-electron chi connectivity index (χ3n) is 4.90. The molecule has 0 radical (unpaired) electrons. The number of hydrogen-bond donors (Lipinski definition) is 0. The summed E-state index contributed by atoms with van der Waals surface area (Å²) in [7, 11) is 1.66. The van der Waals surface area contributed by atoms with Gasteiger partial charge in [-0.25, -0.2) is 0 Å². The minimum absolute atomic E-state index is 0.0543. The van der Waals surface area contributed by atoms with Crippen LogP contribution < -0.4 is 4.74 Å². The standard InChI is InChI=1S/C22H23NO2/c1-4-13-23(21-11-9-17-7-5-6-8-20(17)21)15-19-14-18(16(2)24)10-12-22(19)25-3/h1,5-8,10,12,14,21H,9,11,13,15H2,2-3H3. The van der Waals surface area contributed by atoms with Gasteiger partial charge in [0.15, 0.2) is 5.78 Å². The molecule has 128 valence electrons. The number of terminal acetylenes is 1. The van der Waals surface area contributed by atoms with Crippen molar-refractivity contribution < 1.29 is 9.53 Å². The highest BCUT2D eigenvalue weighted by molar-refractivity contribution is 5.94. The lowest BCUT2D eigenvalue weighted by Crippen LogP contribution is -2.28. The number of benzene rings is 2. The molecular weight excluding hydrogens is 310 g/mol. The lowest BCUT2D eigenvalue weighted by molar-refractivity contribution is 0.101. The van der Waals surface area contributed by atoms with Crippen molar-refractivity contribution in [1.82, 2.24) is 4.90 Å². The van der Waals surface area contributed by atoms with Crippen molar-refractivity contribution in [2.75, 3.05) is 13.7 Å². The van der Waals surface area contributed by atoms with Crippen molar-refractivity contribution >= 4 is 5.78 Å². The highest BCUT2D eigenvalue weighted by Gasteiger charge is 2.28. The molecule has 0 aromatic heterocycles. The van der Waals surface area contributed by atoms with Gasteiger partial charge in [-0.05, 0) is 49.1 Å². The number of methoxy groups -OCH3 is 1. The molecule has 0 fully saturated rings. The summed E-state index contributed by atoms with van der Waals surface area (Å²) >= 11 is 0. The first-order chi connectivity index (χ1) is 12.1. The van der Waals surface area contributed by atoms with Crippen LogP contribution in [0.25, 0.3) is 0 Å². The van der Waals surface area contributed by atoms with Gasteiger partial charge in [0.05, 0.1) is 13.7 Å². The van der Waals surface area contributed by atoms with Crippen molar-refractivity contribution in [2.24, 2.45) is 0 Å². The average molecular weight is 333 g/mol. The van der Waals surface area contributed by atoms with E-state index in [9.17, 15) is 4.79 Å². The molecule has 3 heteroatoms. The first-order valence-electron chi connectivity index (χ1n) is 8.57. The maximum absolute atomic E-state index is 11.7. The molecule has 0 saturated heterocycles. The number of rotatable bonds is 6. The number of ether oxygens (including phenoxy) is 1. The summed E-state index contributed by atoms with van der Waals surface area (Å²) in [6, 6.07) is 14.5. The molecular formula is C22H23NO2. The van der Waals surface area contributed by atoms with Gasteiger partial charge < -0.3 is 4.74 Å². The Labute approximate surface area is 149 Å². The van der Waals surface area contributed by atoms with Crippen molar-refractivity contribution in [3.63, 3.8) is 0 Å². The Morgan fingerprint density at radius 2 is 2.12 bits per heavy atom. The molecule has 1 atom stereocenters. The van der Waals surface area contributed by atoms with Crippen molar-refractivity contribution in [3.8, 4) is 18.1 Å². The van der Waals surface area contributed by atoms with Crippen LogP contribution in [0.1, 0.15) is 46.4 Å². The SMILES string of the molecule is C#CCN(Cc1cc(C(C)=O)ccc1OC)C1CCc2ccccc21. The van der Waals surface area contributed by atoms with E-state index in [1.54, 1.807) is 20.1 Å². The molecule has 2 aromatic carbocycles. The largest absolute Gasteiger partial charge is 0.496 e. The van der Waals surface area contributed by atoms with Gasteiger partial charge in [0.2, 0.25) is 0 Å². The van der Waals surface area contributed by atoms with Gasteiger partial charge in [-0.15, -0.1) is 6.42 Å². The normalized spacial score (nSPS) is 15.7. The lowest BCUT2D eigenvalue weighted by Gasteiger charge is -2.28. The fraction of sp³-hybridized carbons (Fsp3) is 0.318. The van der Waals surface area contributed by atoms with Gasteiger partial charge in [0, 0.05) is 23.7 Å². The summed E-state index contributed by atoms with van der Waals surface area (Å²) in [5.41, 5.74) is 4.46. The van der Waals surface area contributed by atoms with Gasteiger partial charge in [-0.2, -0.15) is 0 Å². The van der Waals surface area contributed by atoms with Crippen LogP contribution in [0, 0.1) is 12.3 Å². The molecule has 0 bridgehead atoms. The zero-order valence-corrected chi connectivity index (χ0v) is 14.8. The van der Waals surface area contributed by atoms with Crippen LogP contribution in [-0.2, 0) is 13.0 Å². The van der Waals surface area contributed by atoms with Gasteiger partial charge in [-0.3, -0.25) is 9.69 Å². The number of ketones is 1. The summed E-state index contributed by atoms with van der Waals surface area (Å²) in [5, 5.41) is 0. The zero-order valence-electron chi connectivity index (χ0n) is 14.8. The van der Waals surface area contributed by atoms with Gasteiger partial charge >= 0.3 is 0 Å². The van der Waals surface area contributed by atoms with E-state index >= 15 is 0 Å². The van der Waals surface area contributed by atoms with E-state index in [0.717, 1.165) is 24.2 Å². The molecule has 2 aromatic rings. The molecule has 0 spiro atoms. The van der Waals surface area contributed by atoms with E-state index in [0.29, 0.717) is 24.7 Å². The molecule has 1 aliphatic rings. The van der Waals surface area contributed by atoms with Crippen LogP contribution in [-0.4, -0.2) is 24.3 Å². The molecule has 0 amide bonds. The molecule has 1 unspecified atom stereocenters. The predicted octanol–water partition coefficient (Wildman–Crippen LogP) is 4.02. The van der Waals surface area contributed by atoms with E-state index in [1.807, 2.05) is 12.1 Å². The van der Waals surface area contributed by atoms with Crippen LogP contribution in [0.3, 0.4) is 0 Å². The number of carbonyl (C=O) groups is 1. The summed E-state index contributed by atoms with van der Waals surface area (Å²) < 4.78 is 5.50. The summed E-state index contributed by atoms with van der Waals surface area (Å²) in [4.78, 5) is 14.0. The summed E-state index contributed by atoms with van der Waals surface area (Å²) in [6.07, 6.45) is 7.78. The predicted molar refractivity (Wildman–Crippen MR) is 99.7 cm³/mol. The van der Waals surface area contributed by atoms with Crippen molar-refractivity contribution in [2.45, 2.75) is 32.4 Å². The third-order valence-corrected chi connectivity index (χ3v) is 4.90. The topological polar surface area (TPSA) is 29.5 Å². The molecule has 0 aliphatic heterocycles. The number of nitrogens with zero attached hydrogens (tertiary/aromatic N) is 1. The summed E-state index contributed by atoms with van der Waals surface area (Å²) in [6.45, 7) is 2.80. The van der Waals surface area contributed by atoms with Crippen LogP contribution in [0.15, 0.2) is 42.5 Å². The Balaban J connectivity index is 1.92. The van der Waals surface area contributed by atoms with Crippen LogP contribution in [0.4, 0.5) is 0 Å². The quantitative estimate of drug-likeness (QED) is 0.591. The molecule has 3 nitrogen and oxygen atoms in total. The minimum atomic E-state index is 0.0543.